The van der Waals surface area contributed by atoms with Gasteiger partial charge in [-0.1, -0.05) is 12.1 Å². The molecule has 2 aliphatic rings. The van der Waals surface area contributed by atoms with E-state index in [0.717, 1.165) is 37.6 Å². The Morgan fingerprint density at radius 3 is 2.58 bits per heavy atom. The zero-order valence-electron chi connectivity index (χ0n) is 13.7. The summed E-state index contributed by atoms with van der Waals surface area (Å²) in [6, 6.07) is 6.40. The number of nitrogens with one attached hydrogen (secondary N) is 1. The zero-order chi connectivity index (χ0) is 17.4. The smallest absolute Gasteiger partial charge is 0.228 e. The van der Waals surface area contributed by atoms with E-state index >= 15 is 0 Å². The first kappa shape index (κ1) is 17.0. The summed E-state index contributed by atoms with van der Waals surface area (Å²) >= 11 is 0. The molecule has 0 aromatic heterocycles. The number of rotatable bonds is 3. The Morgan fingerprint density at radius 1 is 1.25 bits per heavy atom. The van der Waals surface area contributed by atoms with E-state index in [0.29, 0.717) is 13.1 Å². The highest BCUT2D eigenvalue weighted by Crippen LogP contribution is 2.37. The number of piperidine rings is 1. The average molecular weight is 350 g/mol. The molecule has 2 fully saturated rings. The Morgan fingerprint density at radius 2 is 1.96 bits per heavy atom. The molecule has 0 unspecified atom stereocenters. The summed E-state index contributed by atoms with van der Waals surface area (Å²) in [4.78, 5) is 26.7. The number of hydrogen-bond donors (Lipinski definition) is 1. The van der Waals surface area contributed by atoms with E-state index in [2.05, 4.69) is 5.32 Å². The fourth-order valence-corrected chi connectivity index (χ4v) is 4.18. The van der Waals surface area contributed by atoms with Crippen LogP contribution in [0.1, 0.15) is 24.8 Å². The number of amides is 2. The SMILES string of the molecule is CS(=O)(=O)c1ccc(CC(=O)N2CC[C@]3(CCCNC3=O)C2)cc1. The van der Waals surface area contributed by atoms with Crippen LogP contribution in [-0.2, 0) is 25.8 Å². The van der Waals surface area contributed by atoms with Crippen molar-refractivity contribution in [2.45, 2.75) is 30.6 Å². The Labute approximate surface area is 142 Å². The summed E-state index contributed by atoms with van der Waals surface area (Å²) in [5.74, 6) is 0.0545. The molecular weight excluding hydrogens is 328 g/mol. The maximum absolute atomic E-state index is 12.5. The van der Waals surface area contributed by atoms with E-state index in [1.807, 2.05) is 0 Å². The number of carbonyl (C=O) groups is 2. The molecule has 2 amide bonds. The second kappa shape index (κ2) is 6.20. The molecule has 130 valence electrons. The van der Waals surface area contributed by atoms with Crippen LogP contribution in [0.25, 0.3) is 0 Å². The Bertz CT molecular complexity index is 757. The standard InChI is InChI=1S/C17H22N2O4S/c1-24(22,23)14-5-3-13(4-6-14)11-15(20)19-10-8-17(12-19)7-2-9-18-16(17)21/h3-6H,2,7-12H2,1H3,(H,18,21)/t17-/m1/s1. The van der Waals surface area contributed by atoms with Crippen molar-refractivity contribution in [3.8, 4) is 0 Å². The van der Waals surface area contributed by atoms with Crippen LogP contribution in [0.2, 0.25) is 0 Å². The van der Waals surface area contributed by atoms with Crippen molar-refractivity contribution >= 4 is 21.7 Å². The summed E-state index contributed by atoms with van der Waals surface area (Å²) in [5, 5.41) is 2.91. The van der Waals surface area contributed by atoms with E-state index in [1.54, 1.807) is 17.0 Å². The van der Waals surface area contributed by atoms with E-state index in [4.69, 9.17) is 0 Å². The summed E-state index contributed by atoms with van der Waals surface area (Å²) in [6.45, 7) is 1.81. The first-order valence-corrected chi connectivity index (χ1v) is 10.0. The lowest BCUT2D eigenvalue weighted by Crippen LogP contribution is -2.48. The highest BCUT2D eigenvalue weighted by atomic mass is 32.2. The van der Waals surface area contributed by atoms with Crippen LogP contribution < -0.4 is 5.32 Å². The van der Waals surface area contributed by atoms with Gasteiger partial charge in [0, 0.05) is 25.9 Å². The number of carbonyl (C=O) groups excluding carboxylic acids is 2. The predicted molar refractivity (Wildman–Crippen MR) is 89.1 cm³/mol. The number of sulfone groups is 1. The van der Waals surface area contributed by atoms with Crippen molar-refractivity contribution in [1.29, 1.82) is 0 Å². The largest absolute Gasteiger partial charge is 0.356 e. The van der Waals surface area contributed by atoms with Crippen LogP contribution in [0.4, 0.5) is 0 Å². The molecule has 0 saturated carbocycles. The highest BCUT2D eigenvalue weighted by Gasteiger charge is 2.46. The van der Waals surface area contributed by atoms with Crippen LogP contribution in [-0.4, -0.2) is 51.0 Å². The maximum Gasteiger partial charge on any atom is 0.228 e. The van der Waals surface area contributed by atoms with E-state index in [9.17, 15) is 18.0 Å². The molecule has 2 saturated heterocycles. The van der Waals surface area contributed by atoms with Gasteiger partial charge in [-0.2, -0.15) is 0 Å². The van der Waals surface area contributed by atoms with Gasteiger partial charge in [-0.3, -0.25) is 9.59 Å². The molecule has 1 N–H and O–H groups in total. The fourth-order valence-electron chi connectivity index (χ4n) is 3.55. The maximum atomic E-state index is 12.5. The normalized spacial score (nSPS) is 24.2. The summed E-state index contributed by atoms with van der Waals surface area (Å²) in [5.41, 5.74) is 0.370. The molecular formula is C17H22N2O4S. The first-order valence-electron chi connectivity index (χ1n) is 8.15. The van der Waals surface area contributed by atoms with Gasteiger partial charge in [-0.15, -0.1) is 0 Å². The van der Waals surface area contributed by atoms with Gasteiger partial charge in [-0.25, -0.2) is 8.42 Å². The van der Waals surface area contributed by atoms with Crippen LogP contribution in [0.15, 0.2) is 29.2 Å². The quantitative estimate of drug-likeness (QED) is 0.872. The van der Waals surface area contributed by atoms with Crippen LogP contribution in [0.5, 0.6) is 0 Å². The summed E-state index contributed by atoms with van der Waals surface area (Å²) in [6.07, 6.45) is 3.90. The van der Waals surface area contributed by atoms with Gasteiger partial charge in [0.2, 0.25) is 11.8 Å². The lowest BCUT2D eigenvalue weighted by atomic mass is 9.79. The van der Waals surface area contributed by atoms with Crippen molar-refractivity contribution in [3.05, 3.63) is 29.8 Å². The van der Waals surface area contributed by atoms with E-state index < -0.39 is 15.3 Å². The van der Waals surface area contributed by atoms with E-state index in [1.165, 1.54) is 12.1 Å². The third-order valence-corrected chi connectivity index (χ3v) is 6.14. The molecule has 1 aromatic carbocycles. The van der Waals surface area contributed by atoms with Gasteiger partial charge in [0.25, 0.3) is 0 Å². The van der Waals surface area contributed by atoms with Gasteiger partial charge in [0.05, 0.1) is 16.7 Å². The van der Waals surface area contributed by atoms with Gasteiger partial charge in [-0.05, 0) is 37.0 Å². The molecule has 24 heavy (non-hydrogen) atoms. The Kier molecular flexibility index (Phi) is 4.38. The minimum atomic E-state index is -3.23. The van der Waals surface area contributed by atoms with Crippen molar-refractivity contribution in [3.63, 3.8) is 0 Å². The van der Waals surface area contributed by atoms with Crippen molar-refractivity contribution in [1.82, 2.24) is 10.2 Å². The second-order valence-electron chi connectivity index (χ2n) is 6.80. The molecule has 7 heteroatoms. The summed E-state index contributed by atoms with van der Waals surface area (Å²) in [7, 11) is -3.23. The molecule has 1 aromatic rings. The lowest BCUT2D eigenvalue weighted by molar-refractivity contribution is -0.134. The summed E-state index contributed by atoms with van der Waals surface area (Å²) < 4.78 is 22.9. The average Bonchev–Trinajstić information content (AvgIpc) is 2.95. The molecule has 3 rings (SSSR count). The molecule has 6 nitrogen and oxygen atoms in total. The fraction of sp³-hybridized carbons (Fsp3) is 0.529. The van der Waals surface area contributed by atoms with Gasteiger partial charge >= 0.3 is 0 Å². The number of hydrogen-bond acceptors (Lipinski definition) is 4. The first-order chi connectivity index (χ1) is 11.3. The van der Waals surface area contributed by atoms with E-state index in [-0.39, 0.29) is 23.1 Å². The molecule has 2 aliphatic heterocycles. The molecule has 1 atom stereocenters. The van der Waals surface area contributed by atoms with Gasteiger partial charge in [0.15, 0.2) is 9.84 Å². The zero-order valence-corrected chi connectivity index (χ0v) is 14.6. The molecule has 1 spiro atoms. The Balaban J connectivity index is 1.65. The Hall–Kier alpha value is -1.89. The third kappa shape index (κ3) is 3.31. The highest BCUT2D eigenvalue weighted by molar-refractivity contribution is 7.90. The minimum Gasteiger partial charge on any atom is -0.356 e. The molecule has 0 aliphatic carbocycles. The molecule has 2 heterocycles. The van der Waals surface area contributed by atoms with Crippen molar-refractivity contribution < 1.29 is 18.0 Å². The second-order valence-corrected chi connectivity index (χ2v) is 8.81. The molecule has 0 bridgehead atoms. The minimum absolute atomic E-state index is 0.0163. The van der Waals surface area contributed by atoms with Crippen molar-refractivity contribution in [2.24, 2.45) is 5.41 Å². The number of benzene rings is 1. The third-order valence-electron chi connectivity index (χ3n) is 5.01. The van der Waals surface area contributed by atoms with Crippen LogP contribution in [0, 0.1) is 5.41 Å². The molecule has 0 radical (unpaired) electrons. The monoisotopic (exact) mass is 350 g/mol. The van der Waals surface area contributed by atoms with Crippen molar-refractivity contribution in [2.75, 3.05) is 25.9 Å². The number of nitrogens with zero attached hydrogens (tertiary/aromatic N) is 1. The lowest BCUT2D eigenvalue weighted by Gasteiger charge is -2.32. The van der Waals surface area contributed by atoms with Gasteiger partial charge in [0.1, 0.15) is 0 Å². The van der Waals surface area contributed by atoms with Crippen LogP contribution in [0.3, 0.4) is 0 Å². The van der Waals surface area contributed by atoms with Gasteiger partial charge < -0.3 is 10.2 Å². The topological polar surface area (TPSA) is 83.6 Å². The predicted octanol–water partition coefficient (Wildman–Crippen LogP) is 0.761. The van der Waals surface area contributed by atoms with Crippen LogP contribution >= 0.6 is 0 Å². The number of likely N-dealkylation sites (tertiary alicyclic amines) is 1.